The Morgan fingerprint density at radius 2 is 0.818 bits per heavy atom. The van der Waals surface area contributed by atoms with Crippen molar-refractivity contribution in [3.63, 3.8) is 0 Å². The summed E-state index contributed by atoms with van der Waals surface area (Å²) in [5.74, 6) is -1.70. The largest absolute Gasteiger partial charge is 1.00 e. The number of carboxylic acid groups (broad SMARTS) is 1. The van der Waals surface area contributed by atoms with Crippen molar-refractivity contribution in [1.29, 1.82) is 0 Å². The number of aromatic carboxylic acids is 1. The van der Waals surface area contributed by atoms with Crippen LogP contribution in [0.15, 0.2) is 243 Å². The van der Waals surface area contributed by atoms with Gasteiger partial charge in [-0.2, -0.15) is 0 Å². The molecule has 1 radical (unpaired) electrons. The standard InChI is InChI=1S/C27H23Cl2N3O2.C20H18Cl2N2O2.C18H14Cl2N2O2.C14H15BrN2O2.C12H10BrNO3.C6H6BrN.2C2H7N.C2H6.Ar.BH2O2.Cl2OS.2ClH.Na.H2O/c1-32(2)26-21-8-5-7-19(16-12-17(28)14-18(29)13-16)25(21)30-15-22(26)27(33)31-23-10-11-34-24-9-4-3-6-20(23)24;1-4-26-20(25)17-11-23-18-15(12-8-13(21)10-14(22)9-12)6-5-7-16(18)19(17)24(2)3;1-22(2)17-14-5-3-4-13(10-6-11(19)8-12(20)7-10)16(14)21-9-15(17)18(23)24;1-4-19-14(18)10-8-16-12-9(13(10)17(2)3)6-5-7-11(12)15;1-2-17-12(16)8-6-14-10-7(11(8)15)4-3-5-9(10)13;7-5-3-1-2-4-6(5)8;2*1-3-2;1-2;;2-1-3;1-4(2)3;;;;/h3-9,12-15,23H,10-11H2,1-2H3,(H,31,33);5-11H,4H2,1-3H3;3-9H,1-2H3,(H,23,24);5-8H,4H2,1-3H3;3-6H,2H2,1H3,(H,14,15);1-4H,8H2;2*3H,1-2H3;1-2H3;;2-3H;;2*1H;;1H2/q;;;;;;;;;;;;;;+1;/p-1/t23-;;;;;;;;;;;;;;;/m0.............../s1/i;;;;;;;;1TD;;;;;;;. The van der Waals surface area contributed by atoms with Gasteiger partial charge in [-0.3, -0.25) is 29.5 Å². The molecule has 1 unspecified atom stereocenters. The third-order valence-electron chi connectivity index (χ3n) is 19.7. The number of esters is 3. The van der Waals surface area contributed by atoms with Gasteiger partial charge in [-0.1, -0.05) is 187 Å². The average molecular weight is 2470 g/mol. The second kappa shape index (κ2) is 70.2. The maximum absolute atomic E-state index is 13.5. The van der Waals surface area contributed by atoms with Crippen LogP contribution < -0.4 is 81.0 Å². The molecule has 1 aliphatic heterocycles. The average Bonchev–Trinajstić information content (AvgIpc) is 0.748. The maximum atomic E-state index is 13.5. The molecule has 0 spiro atoms. The van der Waals surface area contributed by atoms with Crippen LogP contribution in [0.4, 0.5) is 28.4 Å². The van der Waals surface area contributed by atoms with Crippen LogP contribution >= 0.6 is 164 Å². The van der Waals surface area contributed by atoms with E-state index >= 15 is 0 Å². The van der Waals surface area contributed by atoms with Gasteiger partial charge in [-0.15, -0.1) is 24.8 Å². The van der Waals surface area contributed by atoms with Gasteiger partial charge in [0.15, 0.2) is 0 Å². The maximum Gasteiger partial charge on any atom is 1.00 e. The van der Waals surface area contributed by atoms with Crippen molar-refractivity contribution >= 4 is 293 Å². The van der Waals surface area contributed by atoms with Crippen molar-refractivity contribution in [3.8, 4) is 39.1 Å². The number of nitrogen functional groups attached to an aromatic ring is 1. The number of aromatic nitrogens is 5. The van der Waals surface area contributed by atoms with E-state index in [-0.39, 0.29) is 152 Å². The van der Waals surface area contributed by atoms with Crippen LogP contribution in [0.1, 0.15) is 107 Å². The van der Waals surface area contributed by atoms with Crippen LogP contribution in [0.3, 0.4) is 0 Å². The number of anilines is 5. The molecule has 16 rings (SSSR count). The molecule has 10 N–H and O–H groups in total. The van der Waals surface area contributed by atoms with E-state index < -0.39 is 28.0 Å². The third kappa shape index (κ3) is 39.4. The van der Waals surface area contributed by atoms with Gasteiger partial charge in [-0.25, -0.2) is 23.4 Å². The minimum atomic E-state index is -1.67. The van der Waals surface area contributed by atoms with Crippen LogP contribution in [0.2, 0.25) is 30.1 Å². The number of nitrogens with two attached hydrogens (primary N) is 1. The number of ether oxygens (including phenoxy) is 4. The number of para-hydroxylation sites is 7. The number of hydrogen-bond acceptors (Lipinski definition) is 25. The normalized spacial score (nSPS) is 11.1. The number of rotatable bonds is 16. The molecule has 0 saturated carbocycles. The van der Waals surface area contributed by atoms with E-state index in [1.165, 1.54) is 19.3 Å². The number of carbonyl (C=O) groups excluding carboxylic acids is 4. The van der Waals surface area contributed by atoms with Gasteiger partial charge < -0.3 is 85.8 Å². The van der Waals surface area contributed by atoms with Gasteiger partial charge in [0.1, 0.15) is 28.0 Å². The summed E-state index contributed by atoms with van der Waals surface area (Å²) in [5.41, 5.74) is 20.5. The number of carboxylic acids is 1. The first-order chi connectivity index (χ1) is 68.9. The Hall–Kier alpha value is -8.19. The van der Waals surface area contributed by atoms with Gasteiger partial charge in [0.2, 0.25) is 14.7 Å². The number of pyridine rings is 5. The van der Waals surface area contributed by atoms with Crippen LogP contribution in [0.25, 0.3) is 87.9 Å². The molecule has 0 saturated heterocycles. The predicted octanol–water partition coefficient (Wildman–Crippen LogP) is 22.6. The number of fused-ring (bicyclic) bond motifs is 6. The molecule has 6 heterocycles. The number of hydrogen-bond donors (Lipinski definition) is 8. The van der Waals surface area contributed by atoms with E-state index in [0.717, 1.165) is 119 Å². The van der Waals surface area contributed by atoms with Crippen LogP contribution in [0, 0.1) is 37.7 Å². The molecule has 28 nitrogen and oxygen atoms in total. The van der Waals surface area contributed by atoms with Crippen LogP contribution in [-0.2, 0) is 23.4 Å². The van der Waals surface area contributed by atoms with E-state index in [1.807, 2.05) is 263 Å². The van der Waals surface area contributed by atoms with Crippen molar-refractivity contribution in [3.05, 3.63) is 312 Å². The van der Waals surface area contributed by atoms with Crippen molar-refractivity contribution in [2.24, 2.45) is 0 Å². The summed E-state index contributed by atoms with van der Waals surface area (Å²) < 4.78 is 45.0. The summed E-state index contributed by atoms with van der Waals surface area (Å²) in [4.78, 5) is 101. The summed E-state index contributed by atoms with van der Waals surface area (Å²) in [6, 6.07) is 59.8. The third-order valence-corrected chi connectivity index (χ3v) is 23.1. The van der Waals surface area contributed by atoms with Crippen molar-refractivity contribution in [1.82, 2.24) is 40.9 Å². The first kappa shape index (κ1) is 134. The Bertz CT molecular complexity index is 7000. The number of nitrogens with one attached hydrogen (secondary N) is 4. The monoisotopic (exact) mass is 2470 g/mol. The molecule has 1 aliphatic rings. The molecular weight excluding hydrogens is 2360 g/mol. The van der Waals surface area contributed by atoms with Crippen LogP contribution in [0.5, 0.6) is 5.75 Å². The second-order valence-electron chi connectivity index (χ2n) is 30.6. The Labute approximate surface area is 995 Å². The number of H-pyrrole nitrogens is 1. The molecule has 2 atom stereocenters. The molecule has 148 heavy (non-hydrogen) atoms. The number of halogens is 13. The molecule has 45 heteroatoms. The fraction of sp³-hybridized carbons (Fsp3) is 0.223. The first-order valence-corrected chi connectivity index (χ1v) is 50.7. The predicted molar refractivity (Wildman–Crippen MR) is 619 cm³/mol. The van der Waals surface area contributed by atoms with E-state index in [1.54, 1.807) is 74.6 Å². The van der Waals surface area contributed by atoms with Crippen molar-refractivity contribution in [2.45, 2.75) is 47.0 Å². The second-order valence-corrected chi connectivity index (χ2v) is 38.3. The topological polar surface area (TPSA) is 390 Å². The SMILES string of the molecule is CCOC(=O)c1c[nH]c2c(Br)cccc2c1=O.CCOC(=O)c1cnc2c(-c3cc(Cl)cc(Cl)c3)cccc2c1N(C)C.CCOC(=O)c1cnc2c(Br)cccc2c1N(C)C.CN(C)c1c(C(=O)N[C@H]2CCOc3ccccc32)cnc2c(-c3cc(Cl)cc(Cl)c3)cccc12.CN(C)c1c(C(=O)O)cnc2c(-c3cc(Cl)cc(Cl)c3)cccc12.CNC.CNC.Cl.Cl.Nc1ccccc1Br.O=S(Cl)Cl.O[B]O.[2H]C([3H])C.[Ar].[Na+].[OH-]. The Balaban J connectivity index is 0.000000890. The molecule has 787 valence electrons. The summed E-state index contributed by atoms with van der Waals surface area (Å²) in [6.07, 6.45) is 8.25. The Morgan fingerprint density at radius 3 is 1.18 bits per heavy atom. The fourth-order valence-corrected chi connectivity index (χ4v) is 17.2. The van der Waals surface area contributed by atoms with Crippen molar-refractivity contribution in [2.75, 3.05) is 136 Å². The molecule has 1 amide bonds. The minimum Gasteiger partial charge on any atom is -0.870 e. The van der Waals surface area contributed by atoms with Gasteiger partial charge in [0, 0.05) is 254 Å². The molecule has 5 aromatic heterocycles. The van der Waals surface area contributed by atoms with E-state index in [9.17, 15) is 33.9 Å². The zero-order chi connectivity index (χ0) is 108. The number of amides is 1. The molecular formula is C103H111ArBBr3Cl10N13NaO15S. The van der Waals surface area contributed by atoms with E-state index in [4.69, 9.17) is 116 Å². The van der Waals surface area contributed by atoms with E-state index in [0.29, 0.717) is 95.2 Å². The first-order valence-electron chi connectivity index (χ1n) is 44.4. The Kier molecular flexibility index (Phi) is 63.5. The number of benzene rings is 10. The number of aromatic amines is 1. The molecule has 0 bridgehead atoms. The fourth-order valence-electron chi connectivity index (χ4n) is 14.4. The minimum absolute atomic E-state index is 0. The molecule has 15 aromatic rings. The smallest absolute Gasteiger partial charge is 0.870 e. The van der Waals surface area contributed by atoms with Gasteiger partial charge in [0.05, 0.1) is 88.4 Å². The molecule has 0 aliphatic carbocycles. The molecule has 0 fully saturated rings. The molecule has 10 aromatic carbocycles. The van der Waals surface area contributed by atoms with Crippen molar-refractivity contribution < 1.29 is 138 Å². The van der Waals surface area contributed by atoms with Crippen LogP contribution in [-0.4, -0.2) is 198 Å². The number of carbonyl (C=O) groups is 5. The van der Waals surface area contributed by atoms with Gasteiger partial charge in [0.25, 0.3) is 5.91 Å². The van der Waals surface area contributed by atoms with Gasteiger partial charge >= 0.3 is 61.1 Å². The summed E-state index contributed by atoms with van der Waals surface area (Å²) >= 11 is 47.1. The van der Waals surface area contributed by atoms with Gasteiger partial charge in [-0.05, 0) is 204 Å². The summed E-state index contributed by atoms with van der Waals surface area (Å²) in [6.45, 7) is 7.57. The summed E-state index contributed by atoms with van der Waals surface area (Å²) in [7, 11) is 29.9. The Morgan fingerprint density at radius 1 is 0.514 bits per heavy atom. The van der Waals surface area contributed by atoms with E-state index in [2.05, 4.69) is 105 Å². The quantitative estimate of drug-likeness (QED) is 0.0146. The summed E-state index contributed by atoms with van der Waals surface area (Å²) in [5, 5.41) is 39.3. The number of nitrogens with zero attached hydrogens (tertiary/aromatic N) is 8. The zero-order valence-electron chi connectivity index (χ0n) is 85.3. The zero-order valence-corrected chi connectivity index (χ0v) is 99.3.